The summed E-state index contributed by atoms with van der Waals surface area (Å²) < 4.78 is 15.3. The van der Waals surface area contributed by atoms with Gasteiger partial charge in [-0.2, -0.15) is 0 Å². The summed E-state index contributed by atoms with van der Waals surface area (Å²) in [6.45, 7) is 16.9. The number of Topliss-reactive ketones (excluding diaryl/α,β-unsaturated/α-hetero) is 1. The first-order valence-corrected chi connectivity index (χ1v) is 13.1. The lowest BCUT2D eigenvalue weighted by atomic mass is 9.84. The number of rotatable bonds is 7. The van der Waals surface area contributed by atoms with Gasteiger partial charge >= 0.3 is 0 Å². The molecule has 2 N–H and O–H groups in total. The van der Waals surface area contributed by atoms with E-state index >= 15 is 4.39 Å². The number of alkyl halides is 1. The molecule has 0 bridgehead atoms. The number of allylic oxidation sites excluding steroid dienone is 8. The average Bonchev–Trinajstić information content (AvgIpc) is 3.38. The fourth-order valence-corrected chi connectivity index (χ4v) is 3.94. The summed E-state index contributed by atoms with van der Waals surface area (Å²) >= 11 is 0. The van der Waals surface area contributed by atoms with Crippen molar-refractivity contribution in [3.8, 4) is 0 Å². The molecular formula is C33H43FN2O. The maximum atomic E-state index is 15.3. The van der Waals surface area contributed by atoms with Gasteiger partial charge in [-0.3, -0.25) is 9.79 Å². The summed E-state index contributed by atoms with van der Waals surface area (Å²) in [5, 5.41) is 0. The number of anilines is 1. The summed E-state index contributed by atoms with van der Waals surface area (Å²) in [6, 6.07) is 10.8. The molecule has 37 heavy (non-hydrogen) atoms. The molecule has 0 radical (unpaired) electrons. The number of hydrogen-bond acceptors (Lipinski definition) is 3. The van der Waals surface area contributed by atoms with Crippen molar-refractivity contribution in [2.75, 3.05) is 5.73 Å². The number of aliphatic imine (C=N–C) groups is 1. The highest BCUT2D eigenvalue weighted by molar-refractivity contribution is 6.10. The summed E-state index contributed by atoms with van der Waals surface area (Å²) in [7, 11) is 0. The molecule has 2 aromatic carbocycles. The Kier molecular flexibility index (Phi) is 12.7. The van der Waals surface area contributed by atoms with E-state index in [1.807, 2.05) is 91.0 Å². The fraction of sp³-hybridized carbons (Fsp3) is 0.333. The lowest BCUT2D eigenvalue weighted by molar-refractivity contribution is 0.103. The molecule has 3 nitrogen and oxygen atoms in total. The molecule has 0 saturated carbocycles. The van der Waals surface area contributed by atoms with Crippen molar-refractivity contribution in [2.24, 2.45) is 4.99 Å². The van der Waals surface area contributed by atoms with E-state index in [9.17, 15) is 4.79 Å². The molecule has 198 valence electrons. The molecule has 1 aliphatic carbocycles. The number of halogens is 1. The first-order chi connectivity index (χ1) is 17.7. The van der Waals surface area contributed by atoms with Gasteiger partial charge in [-0.25, -0.2) is 4.39 Å². The van der Waals surface area contributed by atoms with E-state index in [4.69, 9.17) is 5.73 Å². The highest BCUT2D eigenvalue weighted by Gasteiger charge is 2.28. The van der Waals surface area contributed by atoms with Crippen molar-refractivity contribution in [3.05, 3.63) is 100 Å². The number of ketones is 1. The summed E-state index contributed by atoms with van der Waals surface area (Å²) in [5.41, 5.74) is 11.1. The third kappa shape index (κ3) is 8.24. The Morgan fingerprint density at radius 1 is 1.00 bits per heavy atom. The smallest absolute Gasteiger partial charge is 0.189 e. The van der Waals surface area contributed by atoms with Gasteiger partial charge in [0.15, 0.2) is 5.78 Å². The quantitative estimate of drug-likeness (QED) is 0.177. The molecule has 3 rings (SSSR count). The van der Waals surface area contributed by atoms with E-state index in [0.717, 1.165) is 28.0 Å². The SMILES string of the molecule is CC.CC.CC=Nc1cc(/C(=C/C=C\C)C2=CC=C(C(=O)c3ccc(N)cc3)C2)c(C(C)(C)F)cc1C. The predicted octanol–water partition coefficient (Wildman–Crippen LogP) is 9.66. The Balaban J connectivity index is 0.00000163. The number of nitrogen functional groups attached to an aromatic ring is 1. The molecule has 1 aliphatic rings. The Morgan fingerprint density at radius 2 is 1.59 bits per heavy atom. The van der Waals surface area contributed by atoms with Gasteiger partial charge in [0.2, 0.25) is 0 Å². The van der Waals surface area contributed by atoms with E-state index in [1.54, 1.807) is 44.3 Å². The van der Waals surface area contributed by atoms with Crippen molar-refractivity contribution in [1.29, 1.82) is 0 Å². The second-order valence-electron chi connectivity index (χ2n) is 8.66. The van der Waals surface area contributed by atoms with Crippen LogP contribution in [0.1, 0.15) is 88.9 Å². The topological polar surface area (TPSA) is 55.5 Å². The molecule has 0 spiro atoms. The molecule has 0 heterocycles. The van der Waals surface area contributed by atoms with Gasteiger partial charge in [0.25, 0.3) is 0 Å². The van der Waals surface area contributed by atoms with E-state index in [2.05, 4.69) is 4.99 Å². The van der Waals surface area contributed by atoms with Gasteiger partial charge in [0.1, 0.15) is 5.67 Å². The molecular weight excluding hydrogens is 459 g/mol. The van der Waals surface area contributed by atoms with Gasteiger partial charge in [0, 0.05) is 29.5 Å². The van der Waals surface area contributed by atoms with Crippen LogP contribution in [0.2, 0.25) is 0 Å². The highest BCUT2D eigenvalue weighted by Crippen LogP contribution is 2.41. The number of carbonyl (C=O) groups is 1. The second-order valence-corrected chi connectivity index (χ2v) is 8.66. The molecule has 0 aliphatic heterocycles. The van der Waals surface area contributed by atoms with Crippen LogP contribution in [-0.2, 0) is 5.67 Å². The fourth-order valence-electron chi connectivity index (χ4n) is 3.94. The molecule has 2 aromatic rings. The number of nitrogens with zero attached hydrogens (tertiary/aromatic N) is 1. The Bertz CT molecular complexity index is 1200. The average molecular weight is 503 g/mol. The molecule has 0 unspecified atom stereocenters. The normalized spacial score (nSPS) is 13.5. The van der Waals surface area contributed by atoms with Crippen LogP contribution < -0.4 is 5.73 Å². The van der Waals surface area contributed by atoms with Gasteiger partial charge < -0.3 is 5.73 Å². The minimum absolute atomic E-state index is 0.0298. The van der Waals surface area contributed by atoms with Crippen molar-refractivity contribution < 1.29 is 9.18 Å². The molecule has 0 amide bonds. The molecule has 4 heteroatoms. The van der Waals surface area contributed by atoms with Gasteiger partial charge in [-0.15, -0.1) is 0 Å². The van der Waals surface area contributed by atoms with E-state index < -0.39 is 5.67 Å². The maximum absolute atomic E-state index is 15.3. The first kappa shape index (κ1) is 31.5. The predicted molar refractivity (Wildman–Crippen MR) is 161 cm³/mol. The Labute approximate surface area is 223 Å². The Morgan fingerprint density at radius 3 is 2.14 bits per heavy atom. The molecule has 0 aromatic heterocycles. The van der Waals surface area contributed by atoms with Crippen LogP contribution in [0.5, 0.6) is 0 Å². The highest BCUT2D eigenvalue weighted by atomic mass is 19.1. The van der Waals surface area contributed by atoms with Crippen LogP contribution >= 0.6 is 0 Å². The Hall–Kier alpha value is -3.53. The van der Waals surface area contributed by atoms with Crippen LogP contribution in [0.25, 0.3) is 5.57 Å². The van der Waals surface area contributed by atoms with Crippen LogP contribution in [0.4, 0.5) is 15.8 Å². The summed E-state index contributed by atoms with van der Waals surface area (Å²) in [5.74, 6) is -0.0298. The minimum atomic E-state index is -1.54. The largest absolute Gasteiger partial charge is 0.399 e. The number of hydrogen-bond donors (Lipinski definition) is 1. The van der Waals surface area contributed by atoms with Gasteiger partial charge in [-0.05, 0) is 92.8 Å². The van der Waals surface area contributed by atoms with Crippen LogP contribution in [0, 0.1) is 6.92 Å². The molecule has 0 saturated heterocycles. The lowest BCUT2D eigenvalue weighted by Gasteiger charge is -2.23. The number of aryl methyl sites for hydroxylation is 1. The minimum Gasteiger partial charge on any atom is -0.399 e. The second kappa shape index (κ2) is 14.9. The third-order valence-corrected chi connectivity index (χ3v) is 5.67. The van der Waals surface area contributed by atoms with Crippen molar-refractivity contribution in [3.63, 3.8) is 0 Å². The number of nitrogens with two attached hydrogens (primary N) is 1. The van der Waals surface area contributed by atoms with E-state index in [-0.39, 0.29) is 5.78 Å². The third-order valence-electron chi connectivity index (χ3n) is 5.67. The molecule has 0 fully saturated rings. The van der Waals surface area contributed by atoms with Crippen molar-refractivity contribution >= 4 is 28.9 Å². The number of benzene rings is 2. The summed E-state index contributed by atoms with van der Waals surface area (Å²) in [6.07, 6.45) is 11.9. The van der Waals surface area contributed by atoms with Crippen molar-refractivity contribution in [2.45, 2.75) is 74.4 Å². The zero-order valence-corrected chi connectivity index (χ0v) is 23.9. The van der Waals surface area contributed by atoms with Gasteiger partial charge in [-0.1, -0.05) is 64.1 Å². The van der Waals surface area contributed by atoms with E-state index in [0.29, 0.717) is 28.8 Å². The lowest BCUT2D eigenvalue weighted by Crippen LogP contribution is -2.13. The van der Waals surface area contributed by atoms with Crippen LogP contribution in [-0.4, -0.2) is 12.0 Å². The summed E-state index contributed by atoms with van der Waals surface area (Å²) in [4.78, 5) is 17.5. The van der Waals surface area contributed by atoms with Gasteiger partial charge in [0.05, 0.1) is 5.69 Å². The molecule has 0 atom stereocenters. The zero-order valence-electron chi connectivity index (χ0n) is 23.9. The first-order valence-electron chi connectivity index (χ1n) is 13.1. The monoisotopic (exact) mass is 502 g/mol. The maximum Gasteiger partial charge on any atom is 0.189 e. The zero-order chi connectivity index (χ0) is 28.2. The van der Waals surface area contributed by atoms with Crippen LogP contribution in [0.15, 0.2) is 82.9 Å². The van der Waals surface area contributed by atoms with E-state index in [1.165, 1.54) is 0 Å². The standard InChI is InChI=1S/C29H31FN2O.2C2H6/c1-6-8-9-24(25-18-27(32-7-2)19(3)16-26(25)29(4,5)30)21-10-11-22(17-21)28(33)20-12-14-23(31)15-13-20;2*1-2/h6-16,18H,17,31H2,1-5H3;2*1-2H3/b8-6-,24-9+,32-7?;;. The van der Waals surface area contributed by atoms with Crippen molar-refractivity contribution in [1.82, 2.24) is 0 Å². The number of carbonyl (C=O) groups excluding carboxylic acids is 1. The van der Waals surface area contributed by atoms with Crippen LogP contribution in [0.3, 0.4) is 0 Å².